The zero-order valence-electron chi connectivity index (χ0n) is 16.6. The van der Waals surface area contributed by atoms with Gasteiger partial charge in [0.05, 0.1) is 25.7 Å². The van der Waals surface area contributed by atoms with Crippen molar-refractivity contribution in [2.45, 2.75) is 19.0 Å². The van der Waals surface area contributed by atoms with E-state index in [1.165, 1.54) is 0 Å². The third-order valence-corrected chi connectivity index (χ3v) is 5.32. The van der Waals surface area contributed by atoms with Gasteiger partial charge in [0.15, 0.2) is 0 Å². The molecule has 0 aliphatic heterocycles. The standard InChI is InChI=1S/C24H25BrN2O2/c1-17(18-8-12-21(25)13-9-18)27-23(28)16-26-24(19-6-4-3-5-7-19)20-10-14-22(29-2)15-11-20/h3-15,17,24,26H,16H2,1-2H3,(H,27,28)/t17-,24+/m0/s1. The number of halogens is 1. The molecule has 0 bridgehead atoms. The summed E-state index contributed by atoms with van der Waals surface area (Å²) in [6.07, 6.45) is 0. The van der Waals surface area contributed by atoms with Gasteiger partial charge in [0.1, 0.15) is 5.75 Å². The number of hydrogen-bond donors (Lipinski definition) is 2. The third kappa shape index (κ3) is 5.92. The Balaban J connectivity index is 1.67. The Morgan fingerprint density at radius 1 is 0.897 bits per heavy atom. The van der Waals surface area contributed by atoms with Crippen molar-refractivity contribution in [2.24, 2.45) is 0 Å². The van der Waals surface area contributed by atoms with E-state index in [9.17, 15) is 4.79 Å². The maximum Gasteiger partial charge on any atom is 0.234 e. The van der Waals surface area contributed by atoms with Gasteiger partial charge >= 0.3 is 0 Å². The van der Waals surface area contributed by atoms with Gasteiger partial charge in [-0.25, -0.2) is 0 Å². The number of amides is 1. The molecule has 1 amide bonds. The van der Waals surface area contributed by atoms with Crippen LogP contribution in [0.25, 0.3) is 0 Å². The molecule has 0 fully saturated rings. The van der Waals surface area contributed by atoms with Gasteiger partial charge in [0.2, 0.25) is 5.91 Å². The van der Waals surface area contributed by atoms with Crippen LogP contribution in [-0.2, 0) is 4.79 Å². The lowest BCUT2D eigenvalue weighted by Gasteiger charge is -2.21. The average Bonchev–Trinajstić information content (AvgIpc) is 2.75. The van der Waals surface area contributed by atoms with E-state index in [4.69, 9.17) is 4.74 Å². The molecule has 2 N–H and O–H groups in total. The van der Waals surface area contributed by atoms with E-state index >= 15 is 0 Å². The molecule has 150 valence electrons. The van der Waals surface area contributed by atoms with E-state index in [1.807, 2.05) is 73.7 Å². The Hall–Kier alpha value is -2.63. The van der Waals surface area contributed by atoms with Crippen LogP contribution in [-0.4, -0.2) is 19.6 Å². The molecule has 0 spiro atoms. The zero-order valence-corrected chi connectivity index (χ0v) is 18.1. The van der Waals surface area contributed by atoms with Crippen molar-refractivity contribution in [3.8, 4) is 5.75 Å². The average molecular weight is 453 g/mol. The van der Waals surface area contributed by atoms with Crippen LogP contribution in [0.4, 0.5) is 0 Å². The molecule has 0 aliphatic carbocycles. The van der Waals surface area contributed by atoms with Gasteiger partial charge in [-0.3, -0.25) is 10.1 Å². The van der Waals surface area contributed by atoms with Gasteiger partial charge in [-0.05, 0) is 47.9 Å². The van der Waals surface area contributed by atoms with Crippen LogP contribution in [0.5, 0.6) is 5.75 Å². The highest BCUT2D eigenvalue weighted by Gasteiger charge is 2.16. The van der Waals surface area contributed by atoms with Crippen LogP contribution >= 0.6 is 15.9 Å². The van der Waals surface area contributed by atoms with Crippen molar-refractivity contribution < 1.29 is 9.53 Å². The number of carbonyl (C=O) groups excluding carboxylic acids is 1. The Morgan fingerprint density at radius 3 is 2.10 bits per heavy atom. The van der Waals surface area contributed by atoms with Gasteiger partial charge in [-0.15, -0.1) is 0 Å². The minimum atomic E-state index is -0.0872. The van der Waals surface area contributed by atoms with Crippen LogP contribution in [0.2, 0.25) is 0 Å². The van der Waals surface area contributed by atoms with Crippen LogP contribution in [0.3, 0.4) is 0 Å². The molecule has 3 rings (SSSR count). The lowest BCUT2D eigenvalue weighted by atomic mass is 9.98. The summed E-state index contributed by atoms with van der Waals surface area (Å²) in [5, 5.41) is 6.45. The smallest absolute Gasteiger partial charge is 0.234 e. The number of hydrogen-bond acceptors (Lipinski definition) is 3. The maximum atomic E-state index is 12.6. The normalized spacial score (nSPS) is 12.8. The first-order valence-electron chi connectivity index (χ1n) is 9.54. The van der Waals surface area contributed by atoms with Crippen molar-refractivity contribution in [3.05, 3.63) is 100 Å². The van der Waals surface area contributed by atoms with E-state index in [0.29, 0.717) is 0 Å². The van der Waals surface area contributed by atoms with Crippen molar-refractivity contribution in [3.63, 3.8) is 0 Å². The summed E-state index contributed by atoms with van der Waals surface area (Å²) in [4.78, 5) is 12.6. The summed E-state index contributed by atoms with van der Waals surface area (Å²) < 4.78 is 6.28. The second-order valence-corrected chi connectivity index (χ2v) is 7.75. The van der Waals surface area contributed by atoms with E-state index < -0.39 is 0 Å². The summed E-state index contributed by atoms with van der Waals surface area (Å²) in [7, 11) is 1.65. The first-order valence-corrected chi connectivity index (χ1v) is 10.3. The number of rotatable bonds is 8. The Kier molecular flexibility index (Phi) is 7.44. The van der Waals surface area contributed by atoms with Crippen molar-refractivity contribution in [1.82, 2.24) is 10.6 Å². The number of nitrogens with one attached hydrogen (secondary N) is 2. The lowest BCUT2D eigenvalue weighted by molar-refractivity contribution is -0.121. The molecule has 0 saturated carbocycles. The highest BCUT2D eigenvalue weighted by Crippen LogP contribution is 2.24. The topological polar surface area (TPSA) is 50.4 Å². The van der Waals surface area contributed by atoms with Crippen molar-refractivity contribution in [1.29, 1.82) is 0 Å². The molecule has 0 saturated heterocycles. The summed E-state index contributed by atoms with van der Waals surface area (Å²) in [5.41, 5.74) is 3.24. The quantitative estimate of drug-likeness (QED) is 0.504. The van der Waals surface area contributed by atoms with Gasteiger partial charge in [0.25, 0.3) is 0 Å². The molecule has 0 heterocycles. The molecule has 0 aliphatic rings. The largest absolute Gasteiger partial charge is 0.497 e. The summed E-state index contributed by atoms with van der Waals surface area (Å²) in [6, 6.07) is 25.8. The fourth-order valence-electron chi connectivity index (χ4n) is 3.19. The second-order valence-electron chi connectivity index (χ2n) is 6.84. The molecule has 3 aromatic rings. The third-order valence-electron chi connectivity index (χ3n) is 4.80. The summed E-state index contributed by atoms with van der Waals surface area (Å²) in [6.45, 7) is 2.20. The molecule has 0 unspecified atom stereocenters. The molecular weight excluding hydrogens is 428 g/mol. The molecule has 4 nitrogen and oxygen atoms in total. The van der Waals surface area contributed by atoms with Crippen LogP contribution in [0.1, 0.15) is 35.7 Å². The van der Waals surface area contributed by atoms with Crippen LogP contribution in [0.15, 0.2) is 83.3 Å². The lowest BCUT2D eigenvalue weighted by Crippen LogP contribution is -2.37. The molecule has 3 aromatic carbocycles. The van der Waals surface area contributed by atoms with E-state index in [-0.39, 0.29) is 24.5 Å². The van der Waals surface area contributed by atoms with Gasteiger partial charge < -0.3 is 10.1 Å². The van der Waals surface area contributed by atoms with Gasteiger partial charge in [-0.1, -0.05) is 70.5 Å². The highest BCUT2D eigenvalue weighted by atomic mass is 79.9. The zero-order chi connectivity index (χ0) is 20.6. The van der Waals surface area contributed by atoms with Crippen molar-refractivity contribution in [2.75, 3.05) is 13.7 Å². The Morgan fingerprint density at radius 2 is 1.48 bits per heavy atom. The number of carbonyl (C=O) groups is 1. The first-order chi connectivity index (χ1) is 14.1. The fraction of sp³-hybridized carbons (Fsp3) is 0.208. The first kappa shape index (κ1) is 21.1. The molecule has 0 aromatic heterocycles. The molecular formula is C24H25BrN2O2. The van der Waals surface area contributed by atoms with Gasteiger partial charge in [-0.2, -0.15) is 0 Å². The Labute approximate surface area is 180 Å². The molecule has 2 atom stereocenters. The van der Waals surface area contributed by atoms with E-state index in [1.54, 1.807) is 7.11 Å². The number of methoxy groups -OCH3 is 1. The van der Waals surface area contributed by atoms with Crippen LogP contribution in [0, 0.1) is 0 Å². The number of benzene rings is 3. The maximum absolute atomic E-state index is 12.6. The SMILES string of the molecule is COc1ccc([C@H](NCC(=O)N[C@@H](C)c2ccc(Br)cc2)c2ccccc2)cc1. The predicted molar refractivity (Wildman–Crippen MR) is 120 cm³/mol. The van der Waals surface area contributed by atoms with Crippen LogP contribution < -0.4 is 15.4 Å². The van der Waals surface area contributed by atoms with E-state index in [2.05, 4.69) is 38.7 Å². The summed E-state index contributed by atoms with van der Waals surface area (Å²) in [5.74, 6) is 0.761. The minimum Gasteiger partial charge on any atom is -0.497 e. The highest BCUT2D eigenvalue weighted by molar-refractivity contribution is 9.10. The summed E-state index contributed by atoms with van der Waals surface area (Å²) >= 11 is 3.43. The fourth-order valence-corrected chi connectivity index (χ4v) is 3.46. The molecule has 29 heavy (non-hydrogen) atoms. The second kappa shape index (κ2) is 10.2. The number of ether oxygens (including phenoxy) is 1. The minimum absolute atomic E-state index is 0.0464. The molecule has 5 heteroatoms. The van der Waals surface area contributed by atoms with E-state index in [0.717, 1.165) is 26.9 Å². The monoisotopic (exact) mass is 452 g/mol. The predicted octanol–water partition coefficient (Wildman–Crippen LogP) is 5.01. The van der Waals surface area contributed by atoms with Gasteiger partial charge in [0, 0.05) is 4.47 Å². The van der Waals surface area contributed by atoms with Crippen molar-refractivity contribution >= 4 is 21.8 Å². The molecule has 0 radical (unpaired) electrons. The Bertz CT molecular complexity index is 912.